The van der Waals surface area contributed by atoms with Crippen LogP contribution in [0, 0.1) is 10.8 Å². The molecule has 3 N–H and O–H groups in total. The molecule has 1 saturated heterocycles. The first-order valence-corrected chi connectivity index (χ1v) is 7.83. The van der Waals surface area contributed by atoms with Gasteiger partial charge in [0.1, 0.15) is 24.9 Å². The first-order chi connectivity index (χ1) is 10.7. The van der Waals surface area contributed by atoms with E-state index in [0.717, 1.165) is 0 Å². The van der Waals surface area contributed by atoms with Crippen molar-refractivity contribution in [2.45, 2.75) is 72.2 Å². The van der Waals surface area contributed by atoms with E-state index in [1.165, 1.54) is 0 Å². The molecular formula is C16H28O8. The third-order valence-corrected chi connectivity index (χ3v) is 3.51. The molecule has 0 aromatic carbocycles. The van der Waals surface area contributed by atoms with Gasteiger partial charge in [-0.1, -0.05) is 0 Å². The fraction of sp³-hybridized carbons (Fsp3) is 0.875. The van der Waals surface area contributed by atoms with Crippen molar-refractivity contribution in [2.24, 2.45) is 10.8 Å². The van der Waals surface area contributed by atoms with E-state index in [4.69, 9.17) is 14.2 Å². The number of carbonyl (C=O) groups is 2. The highest BCUT2D eigenvalue weighted by Crippen LogP contribution is 2.26. The van der Waals surface area contributed by atoms with Crippen molar-refractivity contribution in [3.8, 4) is 0 Å². The van der Waals surface area contributed by atoms with Gasteiger partial charge in [0.15, 0.2) is 12.4 Å². The van der Waals surface area contributed by atoms with Gasteiger partial charge >= 0.3 is 11.9 Å². The summed E-state index contributed by atoms with van der Waals surface area (Å²) in [5, 5.41) is 30.0. The Labute approximate surface area is 141 Å². The van der Waals surface area contributed by atoms with E-state index in [0.29, 0.717) is 0 Å². The minimum Gasteiger partial charge on any atom is -0.462 e. The summed E-state index contributed by atoms with van der Waals surface area (Å²) < 4.78 is 15.3. The van der Waals surface area contributed by atoms with Crippen LogP contribution >= 0.6 is 0 Å². The van der Waals surface area contributed by atoms with Crippen molar-refractivity contribution < 1.29 is 39.1 Å². The lowest BCUT2D eigenvalue weighted by molar-refractivity contribution is -0.292. The Morgan fingerprint density at radius 1 is 0.917 bits per heavy atom. The molecular weight excluding hydrogens is 320 g/mol. The fourth-order valence-corrected chi connectivity index (χ4v) is 1.87. The van der Waals surface area contributed by atoms with E-state index in [9.17, 15) is 24.9 Å². The molecule has 0 amide bonds. The van der Waals surface area contributed by atoms with Crippen LogP contribution in [0.2, 0.25) is 0 Å². The lowest BCUT2D eigenvalue weighted by Gasteiger charge is -2.40. The standard InChI is InChI=1S/C16H28O8/c1-15(2,3)13(20)22-7-8-9(17)11(10(18)12(19)23-8)24-14(21)16(4,5)6/h8-12,17-19H,7H2,1-6H3/t8-,9-,10-,11+,12-/m1/s1. The maximum atomic E-state index is 12.0. The van der Waals surface area contributed by atoms with E-state index in [-0.39, 0.29) is 6.61 Å². The second-order valence-corrected chi connectivity index (χ2v) is 8.01. The summed E-state index contributed by atoms with van der Waals surface area (Å²) in [5.41, 5.74) is -1.59. The predicted octanol–water partition coefficient (Wildman–Crippen LogP) is -0.0274. The molecule has 0 radical (unpaired) electrons. The molecule has 0 bridgehead atoms. The van der Waals surface area contributed by atoms with Crippen LogP contribution in [0.3, 0.4) is 0 Å². The topological polar surface area (TPSA) is 123 Å². The molecule has 8 heteroatoms. The van der Waals surface area contributed by atoms with Gasteiger partial charge in [0, 0.05) is 0 Å². The molecule has 1 aliphatic rings. The predicted molar refractivity (Wildman–Crippen MR) is 82.6 cm³/mol. The van der Waals surface area contributed by atoms with Crippen LogP contribution in [0.4, 0.5) is 0 Å². The number of esters is 2. The summed E-state index contributed by atoms with van der Waals surface area (Å²) in [4.78, 5) is 23.8. The molecule has 8 nitrogen and oxygen atoms in total. The minimum absolute atomic E-state index is 0.343. The number of aliphatic hydroxyl groups excluding tert-OH is 3. The highest BCUT2D eigenvalue weighted by molar-refractivity contribution is 5.76. The van der Waals surface area contributed by atoms with Gasteiger partial charge in [-0.2, -0.15) is 0 Å². The van der Waals surface area contributed by atoms with Gasteiger partial charge < -0.3 is 29.5 Å². The first-order valence-electron chi connectivity index (χ1n) is 7.83. The summed E-state index contributed by atoms with van der Waals surface area (Å²) in [6, 6.07) is 0. The van der Waals surface area contributed by atoms with Gasteiger partial charge in [-0.25, -0.2) is 0 Å². The third-order valence-electron chi connectivity index (χ3n) is 3.51. The third kappa shape index (κ3) is 5.14. The van der Waals surface area contributed by atoms with Crippen LogP contribution in [-0.4, -0.2) is 64.6 Å². The Kier molecular flexibility index (Phi) is 6.37. The molecule has 1 rings (SSSR count). The summed E-state index contributed by atoms with van der Waals surface area (Å²) in [5.74, 6) is -1.16. The molecule has 0 aromatic heterocycles. The monoisotopic (exact) mass is 348 g/mol. The average Bonchev–Trinajstić information content (AvgIpc) is 2.43. The van der Waals surface area contributed by atoms with Gasteiger partial charge in [-0.05, 0) is 41.5 Å². The van der Waals surface area contributed by atoms with Gasteiger partial charge in [-0.3, -0.25) is 9.59 Å². The molecule has 1 heterocycles. The second-order valence-electron chi connectivity index (χ2n) is 8.01. The van der Waals surface area contributed by atoms with Gasteiger partial charge in [0.25, 0.3) is 0 Å². The summed E-state index contributed by atoms with van der Waals surface area (Å²) in [7, 11) is 0. The van der Waals surface area contributed by atoms with E-state index >= 15 is 0 Å². The quantitative estimate of drug-likeness (QED) is 0.608. The maximum absolute atomic E-state index is 12.0. The Morgan fingerprint density at radius 3 is 1.88 bits per heavy atom. The van der Waals surface area contributed by atoms with E-state index < -0.39 is 53.5 Å². The van der Waals surface area contributed by atoms with Crippen molar-refractivity contribution in [3.63, 3.8) is 0 Å². The lowest BCUT2D eigenvalue weighted by atomic mass is 9.95. The molecule has 1 aliphatic heterocycles. The number of rotatable bonds is 3. The molecule has 0 aliphatic carbocycles. The summed E-state index contributed by atoms with van der Waals surface area (Å²) in [6.45, 7) is 9.51. The van der Waals surface area contributed by atoms with E-state index in [2.05, 4.69) is 0 Å². The number of aliphatic hydroxyl groups is 3. The number of carbonyl (C=O) groups excluding carboxylic acids is 2. The van der Waals surface area contributed by atoms with Crippen molar-refractivity contribution in [2.75, 3.05) is 6.61 Å². The number of hydrogen-bond donors (Lipinski definition) is 3. The molecule has 0 unspecified atom stereocenters. The second kappa shape index (κ2) is 7.35. The lowest BCUT2D eigenvalue weighted by Crippen LogP contribution is -2.60. The summed E-state index contributed by atoms with van der Waals surface area (Å²) in [6.07, 6.45) is -7.26. The van der Waals surface area contributed by atoms with Crippen LogP contribution in [0.15, 0.2) is 0 Å². The average molecular weight is 348 g/mol. The van der Waals surface area contributed by atoms with Crippen LogP contribution in [-0.2, 0) is 23.8 Å². The molecule has 24 heavy (non-hydrogen) atoms. The SMILES string of the molecule is CC(C)(C)C(=O)OC[C@H]1O[C@@H](O)[C@H](O)[C@@H](OC(=O)C(C)(C)C)[C@@H]1O. The Hall–Kier alpha value is -1.22. The van der Waals surface area contributed by atoms with Gasteiger partial charge in [0.2, 0.25) is 0 Å². The van der Waals surface area contributed by atoms with Crippen molar-refractivity contribution in [1.29, 1.82) is 0 Å². The molecule has 0 aromatic rings. The Balaban J connectivity index is 2.79. The molecule has 1 fully saturated rings. The van der Waals surface area contributed by atoms with Gasteiger partial charge in [-0.15, -0.1) is 0 Å². The van der Waals surface area contributed by atoms with E-state index in [1.807, 2.05) is 0 Å². The zero-order valence-corrected chi connectivity index (χ0v) is 15.0. The molecule has 5 atom stereocenters. The van der Waals surface area contributed by atoms with Crippen LogP contribution < -0.4 is 0 Å². The number of ether oxygens (including phenoxy) is 3. The first kappa shape index (κ1) is 20.8. The molecule has 140 valence electrons. The fourth-order valence-electron chi connectivity index (χ4n) is 1.87. The van der Waals surface area contributed by atoms with Crippen LogP contribution in [0.25, 0.3) is 0 Å². The van der Waals surface area contributed by atoms with Crippen molar-refractivity contribution in [3.05, 3.63) is 0 Å². The van der Waals surface area contributed by atoms with Crippen LogP contribution in [0.5, 0.6) is 0 Å². The summed E-state index contributed by atoms with van der Waals surface area (Å²) >= 11 is 0. The highest BCUT2D eigenvalue weighted by atomic mass is 16.7. The number of hydrogen-bond acceptors (Lipinski definition) is 8. The maximum Gasteiger partial charge on any atom is 0.311 e. The normalized spacial score (nSPS) is 31.5. The van der Waals surface area contributed by atoms with Crippen LogP contribution in [0.1, 0.15) is 41.5 Å². The largest absolute Gasteiger partial charge is 0.462 e. The molecule has 0 spiro atoms. The van der Waals surface area contributed by atoms with Gasteiger partial charge in [0.05, 0.1) is 10.8 Å². The Morgan fingerprint density at radius 2 is 1.42 bits per heavy atom. The minimum atomic E-state index is -1.68. The highest BCUT2D eigenvalue weighted by Gasteiger charge is 2.47. The smallest absolute Gasteiger partial charge is 0.311 e. The zero-order valence-electron chi connectivity index (χ0n) is 15.0. The molecule has 0 saturated carbocycles. The van der Waals surface area contributed by atoms with E-state index in [1.54, 1.807) is 41.5 Å². The zero-order chi connectivity index (χ0) is 18.9. The van der Waals surface area contributed by atoms with Crippen molar-refractivity contribution in [1.82, 2.24) is 0 Å². The Bertz CT molecular complexity index is 462. The van der Waals surface area contributed by atoms with Crippen molar-refractivity contribution >= 4 is 11.9 Å².